The monoisotopic (exact) mass is 460 g/mol. The summed E-state index contributed by atoms with van der Waals surface area (Å²) in [5.41, 5.74) is 0.692. The average molecular weight is 461 g/mol. The molecule has 2 atom stereocenters. The SMILES string of the molecule is O=C([O-])CCCN1C(=O)C(=O)C(C(=O)c2ccc(Br)cc2)C1c1ccc(F)cc1. The van der Waals surface area contributed by atoms with E-state index in [2.05, 4.69) is 15.9 Å². The summed E-state index contributed by atoms with van der Waals surface area (Å²) in [6.45, 7) is -0.0370. The first kappa shape index (κ1) is 20.9. The van der Waals surface area contributed by atoms with E-state index in [4.69, 9.17) is 0 Å². The Morgan fingerprint density at radius 2 is 1.66 bits per heavy atom. The average Bonchev–Trinajstić information content (AvgIpc) is 2.93. The molecule has 0 radical (unpaired) electrons. The first-order chi connectivity index (χ1) is 13.8. The lowest BCUT2D eigenvalue weighted by Crippen LogP contribution is -2.32. The minimum Gasteiger partial charge on any atom is -0.550 e. The molecular weight excluding hydrogens is 445 g/mol. The molecule has 3 rings (SSSR count). The summed E-state index contributed by atoms with van der Waals surface area (Å²) in [7, 11) is 0. The minimum absolute atomic E-state index is 0.0370. The molecule has 8 heteroatoms. The van der Waals surface area contributed by atoms with Crippen LogP contribution < -0.4 is 5.11 Å². The van der Waals surface area contributed by atoms with Crippen LogP contribution in [0.4, 0.5) is 4.39 Å². The number of carboxylic acids is 1. The van der Waals surface area contributed by atoms with Crippen LogP contribution in [0.2, 0.25) is 0 Å². The fraction of sp³-hybridized carbons (Fsp3) is 0.238. The van der Waals surface area contributed by atoms with Crippen molar-refractivity contribution in [1.82, 2.24) is 4.90 Å². The number of hydrogen-bond donors (Lipinski definition) is 0. The Balaban J connectivity index is 1.99. The van der Waals surface area contributed by atoms with Crippen LogP contribution in [0.5, 0.6) is 0 Å². The molecule has 0 bridgehead atoms. The Bertz CT molecular complexity index is 958. The Hall–Kier alpha value is -2.87. The van der Waals surface area contributed by atoms with Crippen LogP contribution in [-0.2, 0) is 14.4 Å². The number of nitrogens with zero attached hydrogens (tertiary/aromatic N) is 1. The third-order valence-electron chi connectivity index (χ3n) is 4.81. The van der Waals surface area contributed by atoms with Crippen molar-refractivity contribution in [2.75, 3.05) is 6.54 Å². The number of likely N-dealkylation sites (tertiary alicyclic amines) is 1. The standard InChI is InChI=1S/C21H17BrFNO5/c22-14-7-3-13(4-8-14)19(27)17-18(12-5-9-15(23)10-6-12)24(21(29)20(17)28)11-1-2-16(25)26/h3-10,17-18H,1-2,11H2,(H,25,26)/p-1. The summed E-state index contributed by atoms with van der Waals surface area (Å²) in [6, 6.07) is 10.7. The number of halogens is 2. The third kappa shape index (κ3) is 4.42. The maximum atomic E-state index is 13.4. The van der Waals surface area contributed by atoms with Gasteiger partial charge in [0.25, 0.3) is 5.91 Å². The molecule has 1 aliphatic rings. The molecule has 1 aliphatic heterocycles. The van der Waals surface area contributed by atoms with E-state index in [0.29, 0.717) is 5.56 Å². The second-order valence-corrected chi connectivity index (χ2v) is 7.60. The van der Waals surface area contributed by atoms with E-state index < -0.39 is 41.2 Å². The van der Waals surface area contributed by atoms with Crippen LogP contribution in [0.3, 0.4) is 0 Å². The second-order valence-electron chi connectivity index (χ2n) is 6.68. The van der Waals surface area contributed by atoms with Gasteiger partial charge in [-0.3, -0.25) is 14.4 Å². The number of ketones is 2. The lowest BCUT2D eigenvalue weighted by Gasteiger charge is -2.27. The summed E-state index contributed by atoms with van der Waals surface area (Å²) in [5.74, 6) is -5.30. The summed E-state index contributed by atoms with van der Waals surface area (Å²) < 4.78 is 14.1. The molecule has 0 N–H and O–H groups in total. The Labute approximate surface area is 174 Å². The predicted molar refractivity (Wildman–Crippen MR) is 102 cm³/mol. The van der Waals surface area contributed by atoms with Crippen molar-refractivity contribution in [3.63, 3.8) is 0 Å². The highest BCUT2D eigenvalue weighted by atomic mass is 79.9. The highest BCUT2D eigenvalue weighted by Gasteiger charge is 2.51. The van der Waals surface area contributed by atoms with Gasteiger partial charge in [0.15, 0.2) is 5.78 Å². The van der Waals surface area contributed by atoms with Gasteiger partial charge in [-0.25, -0.2) is 4.39 Å². The van der Waals surface area contributed by atoms with Gasteiger partial charge in [0.1, 0.15) is 11.7 Å². The smallest absolute Gasteiger partial charge is 0.291 e. The van der Waals surface area contributed by atoms with Crippen molar-refractivity contribution in [2.45, 2.75) is 18.9 Å². The van der Waals surface area contributed by atoms with Crippen molar-refractivity contribution in [2.24, 2.45) is 5.92 Å². The molecule has 1 saturated heterocycles. The normalized spacial score (nSPS) is 18.9. The molecule has 150 valence electrons. The molecule has 0 aliphatic carbocycles. The van der Waals surface area contributed by atoms with Gasteiger partial charge in [-0.05, 0) is 42.7 Å². The lowest BCUT2D eigenvalue weighted by atomic mass is 9.86. The van der Waals surface area contributed by atoms with Gasteiger partial charge in [-0.1, -0.05) is 40.2 Å². The van der Waals surface area contributed by atoms with Crippen molar-refractivity contribution in [3.05, 3.63) is 69.9 Å². The molecule has 1 heterocycles. The number of carboxylic acid groups (broad SMARTS) is 1. The number of Topliss-reactive ketones (excluding diaryl/α,β-unsaturated/α-hetero) is 2. The van der Waals surface area contributed by atoms with Crippen molar-refractivity contribution < 1.29 is 28.7 Å². The van der Waals surface area contributed by atoms with E-state index in [-0.39, 0.29) is 24.9 Å². The topological polar surface area (TPSA) is 94.6 Å². The molecule has 1 amide bonds. The zero-order valence-electron chi connectivity index (χ0n) is 15.1. The number of aliphatic carboxylic acids is 1. The Kier molecular flexibility index (Phi) is 6.22. The van der Waals surface area contributed by atoms with E-state index in [9.17, 15) is 28.7 Å². The van der Waals surface area contributed by atoms with E-state index in [1.807, 2.05) is 0 Å². The van der Waals surface area contributed by atoms with E-state index in [0.717, 1.165) is 4.47 Å². The number of hydrogen-bond acceptors (Lipinski definition) is 5. The van der Waals surface area contributed by atoms with Gasteiger partial charge in [0.2, 0.25) is 5.78 Å². The van der Waals surface area contributed by atoms with Gasteiger partial charge < -0.3 is 14.8 Å². The van der Waals surface area contributed by atoms with Crippen LogP contribution in [-0.4, -0.2) is 34.9 Å². The summed E-state index contributed by atoms with van der Waals surface area (Å²) in [4.78, 5) is 50.3. The van der Waals surface area contributed by atoms with Crippen molar-refractivity contribution in [1.29, 1.82) is 0 Å². The van der Waals surface area contributed by atoms with Gasteiger partial charge in [-0.2, -0.15) is 0 Å². The van der Waals surface area contributed by atoms with Gasteiger partial charge in [-0.15, -0.1) is 0 Å². The molecule has 0 saturated carbocycles. The number of carbonyl (C=O) groups is 4. The minimum atomic E-state index is -1.29. The fourth-order valence-electron chi connectivity index (χ4n) is 3.45. The zero-order chi connectivity index (χ0) is 21.1. The van der Waals surface area contributed by atoms with E-state index in [1.165, 1.54) is 29.2 Å². The van der Waals surface area contributed by atoms with Crippen LogP contribution in [0.15, 0.2) is 53.0 Å². The molecule has 1 fully saturated rings. The molecule has 0 aromatic heterocycles. The largest absolute Gasteiger partial charge is 0.550 e. The van der Waals surface area contributed by atoms with Crippen LogP contribution in [0.25, 0.3) is 0 Å². The molecule has 0 spiro atoms. The summed E-state index contributed by atoms with van der Waals surface area (Å²) >= 11 is 3.28. The summed E-state index contributed by atoms with van der Waals surface area (Å²) in [6.07, 6.45) is -0.225. The molecule has 2 unspecified atom stereocenters. The zero-order valence-corrected chi connectivity index (χ0v) is 16.7. The summed E-state index contributed by atoms with van der Waals surface area (Å²) in [5, 5.41) is 10.7. The number of amides is 1. The quantitative estimate of drug-likeness (QED) is 0.358. The van der Waals surface area contributed by atoms with Crippen LogP contribution in [0.1, 0.15) is 34.8 Å². The lowest BCUT2D eigenvalue weighted by molar-refractivity contribution is -0.305. The molecule has 29 heavy (non-hydrogen) atoms. The van der Waals surface area contributed by atoms with Gasteiger partial charge >= 0.3 is 0 Å². The van der Waals surface area contributed by atoms with Gasteiger partial charge in [0.05, 0.1) is 6.04 Å². The first-order valence-corrected chi connectivity index (χ1v) is 9.69. The van der Waals surface area contributed by atoms with E-state index >= 15 is 0 Å². The maximum absolute atomic E-state index is 13.4. The number of rotatable bonds is 7. The van der Waals surface area contributed by atoms with Crippen LogP contribution in [0, 0.1) is 11.7 Å². The van der Waals surface area contributed by atoms with Crippen molar-refractivity contribution >= 4 is 39.4 Å². The Morgan fingerprint density at radius 3 is 2.24 bits per heavy atom. The highest BCUT2D eigenvalue weighted by molar-refractivity contribution is 9.10. The highest BCUT2D eigenvalue weighted by Crippen LogP contribution is 2.38. The molecule has 2 aromatic rings. The maximum Gasteiger partial charge on any atom is 0.291 e. The molecule has 2 aromatic carbocycles. The predicted octanol–water partition coefficient (Wildman–Crippen LogP) is 2.07. The second kappa shape index (κ2) is 8.65. The molecule has 6 nitrogen and oxygen atoms in total. The molecular formula is C21H16BrFNO5-. The number of benzene rings is 2. The van der Waals surface area contributed by atoms with E-state index in [1.54, 1.807) is 24.3 Å². The van der Waals surface area contributed by atoms with Crippen LogP contribution >= 0.6 is 15.9 Å². The van der Waals surface area contributed by atoms with Gasteiger partial charge in [0, 0.05) is 22.6 Å². The fourth-order valence-corrected chi connectivity index (χ4v) is 3.71. The number of carbonyl (C=O) groups excluding carboxylic acids is 4. The first-order valence-electron chi connectivity index (χ1n) is 8.89. The third-order valence-corrected chi connectivity index (χ3v) is 5.34. The Morgan fingerprint density at radius 1 is 1.03 bits per heavy atom. The van der Waals surface area contributed by atoms with Crippen molar-refractivity contribution in [3.8, 4) is 0 Å².